The van der Waals surface area contributed by atoms with E-state index in [0.29, 0.717) is 12.1 Å². The molecule has 2 atom stereocenters. The van der Waals surface area contributed by atoms with Gasteiger partial charge in [0.15, 0.2) is 0 Å². The number of nitriles is 1. The maximum atomic E-state index is 9.48. The fourth-order valence-electron chi connectivity index (χ4n) is 2.93. The van der Waals surface area contributed by atoms with E-state index in [1.54, 1.807) is 0 Å². The van der Waals surface area contributed by atoms with Gasteiger partial charge in [-0.25, -0.2) is 0 Å². The Labute approximate surface area is 128 Å². The summed E-state index contributed by atoms with van der Waals surface area (Å²) >= 11 is 0. The van der Waals surface area contributed by atoms with Crippen LogP contribution < -0.4 is 10.2 Å². The Balaban J connectivity index is 2.21. The monoisotopic (exact) mass is 286 g/mol. The molecule has 1 fully saturated rings. The number of rotatable bonds is 4. The first kappa shape index (κ1) is 15.8. The van der Waals surface area contributed by atoms with Crippen LogP contribution in [0.1, 0.15) is 31.9 Å². The molecule has 0 aliphatic carbocycles. The minimum atomic E-state index is 0.502. The van der Waals surface area contributed by atoms with Crippen molar-refractivity contribution in [1.29, 1.82) is 5.26 Å². The van der Waals surface area contributed by atoms with Crippen LogP contribution in [-0.2, 0) is 6.54 Å². The second-order valence-electron chi connectivity index (χ2n) is 6.01. The maximum absolute atomic E-state index is 9.48. The van der Waals surface area contributed by atoms with Gasteiger partial charge in [0.1, 0.15) is 6.07 Å². The van der Waals surface area contributed by atoms with Gasteiger partial charge in [-0.3, -0.25) is 4.90 Å². The van der Waals surface area contributed by atoms with Crippen LogP contribution in [0.2, 0.25) is 0 Å². The molecule has 0 amide bonds. The van der Waals surface area contributed by atoms with E-state index in [2.05, 4.69) is 61.1 Å². The van der Waals surface area contributed by atoms with E-state index in [-0.39, 0.29) is 0 Å². The van der Waals surface area contributed by atoms with Crippen LogP contribution in [0.4, 0.5) is 5.69 Å². The van der Waals surface area contributed by atoms with Crippen LogP contribution in [0, 0.1) is 11.3 Å². The van der Waals surface area contributed by atoms with Crippen LogP contribution in [0.25, 0.3) is 0 Å². The predicted molar refractivity (Wildman–Crippen MR) is 87.4 cm³/mol. The second kappa shape index (κ2) is 6.93. The zero-order valence-corrected chi connectivity index (χ0v) is 13.6. The topological polar surface area (TPSA) is 42.3 Å². The lowest BCUT2D eigenvalue weighted by Gasteiger charge is -2.43. The molecular formula is C17H26N4. The van der Waals surface area contributed by atoms with Gasteiger partial charge in [-0.15, -0.1) is 0 Å². The number of anilines is 1. The zero-order chi connectivity index (χ0) is 15.4. The molecule has 1 aromatic carbocycles. The molecule has 0 bridgehead atoms. The van der Waals surface area contributed by atoms with E-state index in [0.717, 1.165) is 37.4 Å². The van der Waals surface area contributed by atoms with Crippen molar-refractivity contribution < 1.29 is 0 Å². The van der Waals surface area contributed by atoms with Crippen molar-refractivity contribution in [3.63, 3.8) is 0 Å². The third kappa shape index (κ3) is 3.55. The standard InChI is InChI=1S/C17H26N4/c1-5-19-10-15-6-7-17(16(8-15)9-18)21-11-13(2)20(4)14(3)12-21/h6-8,13-14,19H,5,10-12H2,1-4H3. The van der Waals surface area contributed by atoms with Crippen LogP contribution in [0.5, 0.6) is 0 Å². The average Bonchev–Trinajstić information content (AvgIpc) is 2.49. The number of piperazine rings is 1. The molecule has 4 heteroatoms. The average molecular weight is 286 g/mol. The van der Waals surface area contributed by atoms with Crippen molar-refractivity contribution in [2.45, 2.75) is 39.4 Å². The van der Waals surface area contributed by atoms with Crippen LogP contribution in [0.3, 0.4) is 0 Å². The van der Waals surface area contributed by atoms with Gasteiger partial charge in [-0.05, 0) is 45.1 Å². The van der Waals surface area contributed by atoms with Crippen LogP contribution >= 0.6 is 0 Å². The highest BCUT2D eigenvalue weighted by atomic mass is 15.3. The van der Waals surface area contributed by atoms with E-state index in [9.17, 15) is 5.26 Å². The minimum Gasteiger partial charge on any atom is -0.367 e. The fraction of sp³-hybridized carbons (Fsp3) is 0.588. The fourth-order valence-corrected chi connectivity index (χ4v) is 2.93. The highest BCUT2D eigenvalue weighted by molar-refractivity contribution is 5.61. The summed E-state index contributed by atoms with van der Waals surface area (Å²) in [6.45, 7) is 10.3. The molecule has 1 aliphatic heterocycles. The third-order valence-corrected chi connectivity index (χ3v) is 4.46. The smallest absolute Gasteiger partial charge is 0.101 e. The molecule has 0 saturated carbocycles. The number of benzene rings is 1. The van der Waals surface area contributed by atoms with Crippen molar-refractivity contribution >= 4 is 5.69 Å². The number of hydrogen-bond acceptors (Lipinski definition) is 4. The van der Waals surface area contributed by atoms with E-state index in [4.69, 9.17) is 0 Å². The quantitative estimate of drug-likeness (QED) is 0.921. The molecule has 1 N–H and O–H groups in total. The summed E-state index contributed by atoms with van der Waals surface area (Å²) < 4.78 is 0. The van der Waals surface area contributed by atoms with E-state index >= 15 is 0 Å². The zero-order valence-electron chi connectivity index (χ0n) is 13.6. The molecule has 2 rings (SSSR count). The largest absolute Gasteiger partial charge is 0.367 e. The Bertz CT molecular complexity index is 508. The molecule has 21 heavy (non-hydrogen) atoms. The summed E-state index contributed by atoms with van der Waals surface area (Å²) in [5.41, 5.74) is 3.03. The van der Waals surface area contributed by atoms with Crippen molar-refractivity contribution in [3.05, 3.63) is 29.3 Å². The highest BCUT2D eigenvalue weighted by Gasteiger charge is 2.27. The summed E-state index contributed by atoms with van der Waals surface area (Å²) in [5, 5.41) is 12.8. The van der Waals surface area contributed by atoms with Gasteiger partial charge in [-0.1, -0.05) is 13.0 Å². The van der Waals surface area contributed by atoms with E-state index in [1.165, 1.54) is 5.56 Å². The first-order valence-electron chi connectivity index (χ1n) is 7.77. The summed E-state index contributed by atoms with van der Waals surface area (Å²) in [6.07, 6.45) is 0. The van der Waals surface area contributed by atoms with Crippen LogP contribution in [0.15, 0.2) is 18.2 Å². The molecule has 0 radical (unpaired) electrons. The lowest BCUT2D eigenvalue weighted by atomic mass is 10.0. The molecule has 114 valence electrons. The molecule has 2 unspecified atom stereocenters. The van der Waals surface area contributed by atoms with Gasteiger partial charge in [0.05, 0.1) is 11.3 Å². The van der Waals surface area contributed by atoms with Gasteiger partial charge in [0.2, 0.25) is 0 Å². The second-order valence-corrected chi connectivity index (χ2v) is 6.01. The van der Waals surface area contributed by atoms with Gasteiger partial charge in [0, 0.05) is 31.7 Å². The first-order valence-corrected chi connectivity index (χ1v) is 7.77. The Kier molecular flexibility index (Phi) is 5.22. The molecule has 1 aliphatic rings. The Hall–Kier alpha value is -1.57. The first-order chi connectivity index (χ1) is 10.1. The Morgan fingerprint density at radius 1 is 1.29 bits per heavy atom. The van der Waals surface area contributed by atoms with Gasteiger partial charge >= 0.3 is 0 Å². The Morgan fingerprint density at radius 2 is 1.95 bits per heavy atom. The lowest BCUT2D eigenvalue weighted by molar-refractivity contribution is 0.170. The van der Waals surface area contributed by atoms with E-state index < -0.39 is 0 Å². The molecule has 0 spiro atoms. The number of likely N-dealkylation sites (N-methyl/N-ethyl adjacent to an activating group) is 1. The lowest BCUT2D eigenvalue weighted by Crippen LogP contribution is -2.55. The summed E-state index contributed by atoms with van der Waals surface area (Å²) in [5.74, 6) is 0. The Morgan fingerprint density at radius 3 is 2.52 bits per heavy atom. The van der Waals surface area contributed by atoms with E-state index in [1.807, 2.05) is 6.07 Å². The highest BCUT2D eigenvalue weighted by Crippen LogP contribution is 2.25. The number of nitrogens with zero attached hydrogens (tertiary/aromatic N) is 3. The molecule has 1 heterocycles. The SMILES string of the molecule is CCNCc1ccc(N2CC(C)N(C)C(C)C2)c(C#N)c1. The number of nitrogens with one attached hydrogen (secondary N) is 1. The molecule has 4 nitrogen and oxygen atoms in total. The van der Waals surface area contributed by atoms with Crippen LogP contribution in [-0.4, -0.2) is 43.7 Å². The van der Waals surface area contributed by atoms with Crippen molar-refractivity contribution in [3.8, 4) is 6.07 Å². The summed E-state index contributed by atoms with van der Waals surface area (Å²) in [6, 6.07) is 9.63. The van der Waals surface area contributed by atoms with Gasteiger partial charge < -0.3 is 10.2 Å². The summed E-state index contributed by atoms with van der Waals surface area (Å²) in [7, 11) is 2.18. The molecule has 1 aromatic rings. The maximum Gasteiger partial charge on any atom is 0.101 e. The summed E-state index contributed by atoms with van der Waals surface area (Å²) in [4.78, 5) is 4.76. The predicted octanol–water partition coefficient (Wildman–Crippen LogP) is 2.20. The number of hydrogen-bond donors (Lipinski definition) is 1. The molecule has 0 aromatic heterocycles. The molecular weight excluding hydrogens is 260 g/mol. The minimum absolute atomic E-state index is 0.502. The van der Waals surface area contributed by atoms with Gasteiger partial charge in [-0.2, -0.15) is 5.26 Å². The normalized spacial score (nSPS) is 23.1. The third-order valence-electron chi connectivity index (χ3n) is 4.46. The molecule has 1 saturated heterocycles. The van der Waals surface area contributed by atoms with Crippen molar-refractivity contribution in [2.24, 2.45) is 0 Å². The van der Waals surface area contributed by atoms with Crippen molar-refractivity contribution in [2.75, 3.05) is 31.6 Å². The van der Waals surface area contributed by atoms with Crippen molar-refractivity contribution in [1.82, 2.24) is 10.2 Å². The van der Waals surface area contributed by atoms with Gasteiger partial charge in [0.25, 0.3) is 0 Å².